The Morgan fingerprint density at radius 2 is 2.32 bits per heavy atom. The molecule has 2 heterocycles. The van der Waals surface area contributed by atoms with Gasteiger partial charge in [0.15, 0.2) is 5.82 Å². The van der Waals surface area contributed by atoms with Gasteiger partial charge in [0.2, 0.25) is 0 Å². The molecule has 2 N–H and O–H groups in total. The van der Waals surface area contributed by atoms with Crippen LogP contribution in [0, 0.1) is 17.2 Å². The van der Waals surface area contributed by atoms with E-state index in [2.05, 4.69) is 22.9 Å². The van der Waals surface area contributed by atoms with E-state index >= 15 is 0 Å². The molecule has 1 fully saturated rings. The summed E-state index contributed by atoms with van der Waals surface area (Å²) in [6, 6.07) is 3.80. The van der Waals surface area contributed by atoms with Gasteiger partial charge in [-0.3, -0.25) is 0 Å². The Kier molecular flexibility index (Phi) is 4.62. The molecule has 0 saturated carbocycles. The van der Waals surface area contributed by atoms with Crippen LogP contribution in [-0.4, -0.2) is 18.1 Å². The third-order valence-corrected chi connectivity index (χ3v) is 3.93. The Bertz CT molecular complexity index is 464. The lowest BCUT2D eigenvalue weighted by molar-refractivity contribution is 0.435. The first-order valence-electron chi connectivity index (χ1n) is 7.15. The van der Waals surface area contributed by atoms with Crippen molar-refractivity contribution in [3.05, 3.63) is 17.8 Å². The highest BCUT2D eigenvalue weighted by Gasteiger charge is 2.19. The van der Waals surface area contributed by atoms with E-state index in [4.69, 9.17) is 11.0 Å². The van der Waals surface area contributed by atoms with Crippen LogP contribution < -0.4 is 10.6 Å². The highest BCUT2D eigenvalue weighted by molar-refractivity contribution is 5.69. The van der Waals surface area contributed by atoms with Crippen LogP contribution in [0.5, 0.6) is 0 Å². The number of nitrogens with two attached hydrogens (primary N) is 1. The molecule has 4 heteroatoms. The summed E-state index contributed by atoms with van der Waals surface area (Å²) in [5.74, 6) is 1.62. The summed E-state index contributed by atoms with van der Waals surface area (Å²) < 4.78 is 0. The Labute approximate surface area is 115 Å². The number of nitriles is 1. The highest BCUT2D eigenvalue weighted by atomic mass is 15.2. The Morgan fingerprint density at radius 3 is 3.05 bits per heavy atom. The molecule has 1 atom stereocenters. The summed E-state index contributed by atoms with van der Waals surface area (Å²) >= 11 is 0. The summed E-state index contributed by atoms with van der Waals surface area (Å²) in [6.07, 6.45) is 7.93. The first-order valence-corrected chi connectivity index (χ1v) is 7.15. The van der Waals surface area contributed by atoms with Crippen LogP contribution in [0.2, 0.25) is 0 Å². The normalized spacial score (nSPS) is 19.8. The molecule has 1 aliphatic heterocycles. The van der Waals surface area contributed by atoms with Gasteiger partial charge >= 0.3 is 0 Å². The molecule has 1 saturated heterocycles. The number of rotatable bonds is 3. The lowest BCUT2D eigenvalue weighted by Crippen LogP contribution is -2.26. The molecule has 0 aliphatic carbocycles. The van der Waals surface area contributed by atoms with Gasteiger partial charge in [-0.05, 0) is 31.2 Å². The zero-order valence-electron chi connectivity index (χ0n) is 11.6. The molecule has 1 unspecified atom stereocenters. The molecule has 0 amide bonds. The molecule has 19 heavy (non-hydrogen) atoms. The fourth-order valence-electron chi connectivity index (χ4n) is 2.89. The summed E-state index contributed by atoms with van der Waals surface area (Å²) in [4.78, 5) is 6.61. The predicted molar refractivity (Wildman–Crippen MR) is 77.8 cm³/mol. The van der Waals surface area contributed by atoms with Crippen LogP contribution >= 0.6 is 0 Å². The Hall–Kier alpha value is -1.76. The van der Waals surface area contributed by atoms with Gasteiger partial charge in [-0.15, -0.1) is 0 Å². The van der Waals surface area contributed by atoms with E-state index in [0.717, 1.165) is 24.8 Å². The zero-order chi connectivity index (χ0) is 13.7. The van der Waals surface area contributed by atoms with Crippen molar-refractivity contribution in [3.8, 4) is 6.07 Å². The minimum atomic E-state index is 0.527. The van der Waals surface area contributed by atoms with Crippen molar-refractivity contribution in [1.29, 1.82) is 5.26 Å². The summed E-state index contributed by atoms with van der Waals surface area (Å²) in [7, 11) is 0. The zero-order valence-corrected chi connectivity index (χ0v) is 11.6. The molecule has 1 aromatic rings. The van der Waals surface area contributed by atoms with Crippen molar-refractivity contribution in [3.63, 3.8) is 0 Å². The maximum Gasteiger partial charge on any atom is 0.153 e. The highest BCUT2D eigenvalue weighted by Crippen LogP contribution is 2.28. The van der Waals surface area contributed by atoms with Crippen molar-refractivity contribution < 1.29 is 0 Å². The molecule has 0 spiro atoms. The Balaban J connectivity index is 2.12. The van der Waals surface area contributed by atoms with Crippen molar-refractivity contribution in [2.45, 2.75) is 39.0 Å². The number of nitrogens with zero attached hydrogens (tertiary/aromatic N) is 3. The van der Waals surface area contributed by atoms with Gasteiger partial charge in [0.25, 0.3) is 0 Å². The van der Waals surface area contributed by atoms with E-state index in [1.165, 1.54) is 32.1 Å². The quantitative estimate of drug-likeness (QED) is 0.905. The van der Waals surface area contributed by atoms with E-state index in [9.17, 15) is 0 Å². The summed E-state index contributed by atoms with van der Waals surface area (Å²) in [5, 5.41) is 9.03. The van der Waals surface area contributed by atoms with Crippen molar-refractivity contribution in [1.82, 2.24) is 4.98 Å². The molecule has 102 valence electrons. The average molecular weight is 258 g/mol. The third-order valence-electron chi connectivity index (χ3n) is 3.93. The number of pyridine rings is 1. The smallest absolute Gasteiger partial charge is 0.153 e. The van der Waals surface area contributed by atoms with Crippen molar-refractivity contribution in [2.75, 3.05) is 23.7 Å². The van der Waals surface area contributed by atoms with Crippen molar-refractivity contribution in [2.24, 2.45) is 5.92 Å². The molecule has 0 aromatic carbocycles. The lowest BCUT2D eigenvalue weighted by atomic mass is 9.96. The van der Waals surface area contributed by atoms with Crippen LogP contribution in [0.15, 0.2) is 12.3 Å². The summed E-state index contributed by atoms with van der Waals surface area (Å²) in [6.45, 7) is 4.24. The molecule has 1 aromatic heterocycles. The number of hydrogen-bond acceptors (Lipinski definition) is 4. The van der Waals surface area contributed by atoms with E-state index in [-0.39, 0.29) is 0 Å². The number of aromatic nitrogens is 1. The largest absolute Gasteiger partial charge is 0.395 e. The van der Waals surface area contributed by atoms with Gasteiger partial charge in [0.05, 0.1) is 11.3 Å². The molecular weight excluding hydrogens is 236 g/mol. The molecule has 0 bridgehead atoms. The minimum Gasteiger partial charge on any atom is -0.395 e. The monoisotopic (exact) mass is 258 g/mol. The molecule has 0 radical (unpaired) electrons. The summed E-state index contributed by atoms with van der Waals surface area (Å²) in [5.41, 5.74) is 7.10. The van der Waals surface area contributed by atoms with Gasteiger partial charge < -0.3 is 10.6 Å². The number of anilines is 2. The van der Waals surface area contributed by atoms with E-state index in [1.54, 1.807) is 12.3 Å². The first kappa shape index (κ1) is 13.7. The molecular formula is C15H22N4. The SMILES string of the molecule is CCCC1CCCN(c2nccc(C#N)c2N)CC1. The fraction of sp³-hybridized carbons (Fsp3) is 0.600. The van der Waals surface area contributed by atoms with Gasteiger partial charge in [0.1, 0.15) is 6.07 Å². The molecule has 1 aliphatic rings. The lowest BCUT2D eigenvalue weighted by Gasteiger charge is -2.23. The van der Waals surface area contributed by atoms with Crippen LogP contribution in [0.25, 0.3) is 0 Å². The minimum absolute atomic E-state index is 0.527. The van der Waals surface area contributed by atoms with E-state index in [1.807, 2.05) is 0 Å². The topological polar surface area (TPSA) is 65.9 Å². The van der Waals surface area contributed by atoms with Gasteiger partial charge in [0, 0.05) is 19.3 Å². The first-order chi connectivity index (χ1) is 9.26. The maximum atomic E-state index is 9.03. The van der Waals surface area contributed by atoms with Gasteiger partial charge in [-0.2, -0.15) is 5.26 Å². The molecule has 4 nitrogen and oxygen atoms in total. The van der Waals surface area contributed by atoms with Gasteiger partial charge in [-0.1, -0.05) is 19.8 Å². The van der Waals surface area contributed by atoms with Crippen LogP contribution in [0.3, 0.4) is 0 Å². The predicted octanol–water partition coefficient (Wildman–Crippen LogP) is 2.94. The maximum absolute atomic E-state index is 9.03. The second kappa shape index (κ2) is 6.42. The van der Waals surface area contributed by atoms with Gasteiger partial charge in [-0.25, -0.2) is 4.98 Å². The average Bonchev–Trinajstić information content (AvgIpc) is 2.65. The number of nitrogen functional groups attached to an aromatic ring is 1. The second-order valence-electron chi connectivity index (χ2n) is 5.28. The second-order valence-corrected chi connectivity index (χ2v) is 5.28. The van der Waals surface area contributed by atoms with E-state index < -0.39 is 0 Å². The third kappa shape index (κ3) is 3.17. The van der Waals surface area contributed by atoms with Crippen molar-refractivity contribution >= 4 is 11.5 Å². The van der Waals surface area contributed by atoms with Crippen LogP contribution in [-0.2, 0) is 0 Å². The Morgan fingerprint density at radius 1 is 1.47 bits per heavy atom. The fourth-order valence-corrected chi connectivity index (χ4v) is 2.89. The molecule has 2 rings (SSSR count). The number of hydrogen-bond donors (Lipinski definition) is 1. The van der Waals surface area contributed by atoms with Crippen LogP contribution in [0.4, 0.5) is 11.5 Å². The van der Waals surface area contributed by atoms with E-state index in [0.29, 0.717) is 11.3 Å². The van der Waals surface area contributed by atoms with Crippen LogP contribution in [0.1, 0.15) is 44.6 Å². The standard InChI is InChI=1S/C15H22N4/c1-2-4-12-5-3-9-19(10-7-12)15-14(17)13(11-16)6-8-18-15/h6,8,12H,2-5,7,9-10,17H2,1H3.